The van der Waals surface area contributed by atoms with Crippen LogP contribution in [0.2, 0.25) is 0 Å². The van der Waals surface area contributed by atoms with E-state index in [2.05, 4.69) is 57.9 Å². The fourth-order valence-corrected chi connectivity index (χ4v) is 1.30. The standard InChI is InChI=1S/C5H11NO.C4H7NO2.C4H7NO.C4H9NO.C3H6N2O.C3H6O2.C3H6OS.CH5N.2CH4/c1-6-2-4-7-5-3-6;1-5-3-4(6)7-2;1-4(6)3-5-2;1-4(2)5-6-3;1-5-2-3(4)6;2*1-3(4)5-2;1-2;;/h2-5H2,1H3;3H,1-2H3;3H,1-2H3;1-3H3;2H,1H3,(H2,4,6);2*1-2H3;2H2,1H3;2*1H4. The largest absolute Gasteiger partial charge is 0.469 e. The molecule has 1 rings (SSSR count). The Morgan fingerprint density at radius 2 is 1.15 bits per heavy atom. The van der Waals surface area contributed by atoms with E-state index >= 15 is 0 Å². The van der Waals surface area contributed by atoms with Crippen LogP contribution in [0.4, 0.5) is 0 Å². The van der Waals surface area contributed by atoms with Gasteiger partial charge in [-0.15, -0.1) is 0 Å². The van der Waals surface area contributed by atoms with Gasteiger partial charge in [-0.25, -0.2) is 4.79 Å². The number of ether oxygens (including phenoxy) is 3. The molecule has 276 valence electrons. The molecular weight excluding hydrogens is 622 g/mol. The van der Waals surface area contributed by atoms with E-state index in [1.165, 1.54) is 74.3 Å². The van der Waals surface area contributed by atoms with E-state index in [-0.39, 0.29) is 31.7 Å². The van der Waals surface area contributed by atoms with Gasteiger partial charge in [0.15, 0.2) is 10.9 Å². The molecule has 0 saturated carbocycles. The molecular formula is C29H65N7O9S. The number of likely N-dealkylation sites (N-methyl/N-ethyl adjacent to an activating group) is 1. The normalized spacial score (nSPS) is 10.4. The fraction of sp³-hybridized carbons (Fsp3) is 0.690. The lowest BCUT2D eigenvalue weighted by Crippen LogP contribution is -2.32. The molecule has 1 fully saturated rings. The van der Waals surface area contributed by atoms with Gasteiger partial charge in [0.05, 0.1) is 45.6 Å². The van der Waals surface area contributed by atoms with Gasteiger partial charge in [0.25, 0.3) is 5.91 Å². The SMILES string of the molecule is C.C.CN.CN1CCOCC1.CN=CC(=O)OC.CN=CC(C)=O.CN=CC(N)=O.COC(C)=O.CON=C(C)C.CSC(C)=O. The molecule has 1 amide bonds. The Morgan fingerprint density at radius 3 is 1.22 bits per heavy atom. The molecule has 4 N–H and O–H groups in total. The minimum Gasteiger partial charge on any atom is -0.469 e. The Morgan fingerprint density at radius 1 is 0.783 bits per heavy atom. The summed E-state index contributed by atoms with van der Waals surface area (Å²) in [6.45, 7) is 12.2. The van der Waals surface area contributed by atoms with Crippen LogP contribution in [0, 0.1) is 0 Å². The van der Waals surface area contributed by atoms with Crippen LogP contribution in [0.15, 0.2) is 20.1 Å². The van der Waals surface area contributed by atoms with E-state index in [1.54, 1.807) is 20.2 Å². The van der Waals surface area contributed by atoms with Crippen LogP contribution in [-0.2, 0) is 43.0 Å². The zero-order chi connectivity index (χ0) is 36.4. The molecule has 0 radical (unpaired) electrons. The predicted octanol–water partition coefficient (Wildman–Crippen LogP) is 2.21. The first-order chi connectivity index (χ1) is 20.6. The van der Waals surface area contributed by atoms with E-state index in [0.29, 0.717) is 0 Å². The maximum Gasteiger partial charge on any atom is 0.348 e. The van der Waals surface area contributed by atoms with Crippen molar-refractivity contribution in [2.75, 3.05) is 89.1 Å². The maximum absolute atomic E-state index is 10.0. The van der Waals surface area contributed by atoms with Gasteiger partial charge in [-0.3, -0.25) is 34.2 Å². The summed E-state index contributed by atoms with van der Waals surface area (Å²) in [6, 6.07) is 0. The number of Topliss-reactive ketones (excluding diaryl/α,β-unsaturated/α-hetero) is 1. The van der Waals surface area contributed by atoms with Gasteiger partial charge in [0, 0.05) is 55.0 Å². The van der Waals surface area contributed by atoms with Crippen LogP contribution in [-0.4, -0.2) is 147 Å². The molecule has 0 aromatic rings. The number of thioether (sulfide) groups is 1. The third-order valence-electron chi connectivity index (χ3n) is 3.09. The predicted molar refractivity (Wildman–Crippen MR) is 195 cm³/mol. The quantitative estimate of drug-likeness (QED) is 0.246. The number of amides is 1. The number of methoxy groups -OCH3 is 2. The summed E-state index contributed by atoms with van der Waals surface area (Å²) < 4.78 is 13.4. The highest BCUT2D eigenvalue weighted by Crippen LogP contribution is 1.90. The zero-order valence-electron chi connectivity index (χ0n) is 29.0. The molecule has 17 heteroatoms. The molecule has 46 heavy (non-hydrogen) atoms. The first-order valence-electron chi connectivity index (χ1n) is 12.7. The van der Waals surface area contributed by atoms with Crippen molar-refractivity contribution in [3.63, 3.8) is 0 Å². The van der Waals surface area contributed by atoms with Crippen LogP contribution < -0.4 is 11.5 Å². The third-order valence-corrected chi connectivity index (χ3v) is 3.66. The molecule has 0 spiro atoms. The lowest BCUT2D eigenvalue weighted by molar-refractivity contribution is -0.138. The minimum absolute atomic E-state index is 0. The monoisotopic (exact) mass is 687 g/mol. The molecule has 1 heterocycles. The Labute approximate surface area is 282 Å². The molecule has 1 aliphatic rings. The number of primary amides is 1. The van der Waals surface area contributed by atoms with Crippen molar-refractivity contribution in [1.82, 2.24) is 4.90 Å². The van der Waals surface area contributed by atoms with Crippen molar-refractivity contribution in [3.05, 3.63) is 0 Å². The topological polar surface area (TPSA) is 227 Å². The van der Waals surface area contributed by atoms with E-state index in [0.717, 1.165) is 44.4 Å². The summed E-state index contributed by atoms with van der Waals surface area (Å²) in [6.07, 6.45) is 5.21. The molecule has 16 nitrogen and oxygen atoms in total. The Hall–Kier alpha value is -3.54. The van der Waals surface area contributed by atoms with Gasteiger partial charge in [0.1, 0.15) is 13.3 Å². The van der Waals surface area contributed by atoms with E-state index in [4.69, 9.17) is 4.74 Å². The van der Waals surface area contributed by atoms with Gasteiger partial charge in [0.2, 0.25) is 0 Å². The van der Waals surface area contributed by atoms with Crippen LogP contribution >= 0.6 is 11.8 Å². The van der Waals surface area contributed by atoms with Crippen molar-refractivity contribution >= 4 is 64.9 Å². The number of morpholine rings is 1. The van der Waals surface area contributed by atoms with Crippen molar-refractivity contribution in [1.29, 1.82) is 0 Å². The van der Waals surface area contributed by atoms with Crippen LogP contribution in [0.5, 0.6) is 0 Å². The molecule has 0 aliphatic carbocycles. The minimum atomic E-state index is -0.502. The first-order valence-corrected chi connectivity index (χ1v) is 13.9. The lowest BCUT2D eigenvalue weighted by atomic mass is 10.5. The Balaban J connectivity index is -0.0000000490. The molecule has 1 saturated heterocycles. The smallest absolute Gasteiger partial charge is 0.348 e. The summed E-state index contributed by atoms with van der Waals surface area (Å²) in [5, 5.41) is 3.71. The fourth-order valence-electron chi connectivity index (χ4n) is 1.30. The number of carbonyl (C=O) groups excluding carboxylic acids is 5. The van der Waals surface area contributed by atoms with Crippen LogP contribution in [0.3, 0.4) is 0 Å². The number of hydrogen-bond acceptors (Lipinski definition) is 16. The zero-order valence-corrected chi connectivity index (χ0v) is 29.9. The highest BCUT2D eigenvalue weighted by atomic mass is 32.2. The van der Waals surface area contributed by atoms with Gasteiger partial charge in [-0.05, 0) is 34.2 Å². The van der Waals surface area contributed by atoms with Crippen LogP contribution in [0.1, 0.15) is 49.5 Å². The molecule has 0 aromatic carbocycles. The second kappa shape index (κ2) is 60.6. The van der Waals surface area contributed by atoms with E-state index in [9.17, 15) is 24.0 Å². The summed E-state index contributed by atoms with van der Waals surface area (Å²) in [5.41, 5.74) is 10.1. The van der Waals surface area contributed by atoms with Gasteiger partial charge >= 0.3 is 11.9 Å². The summed E-state index contributed by atoms with van der Waals surface area (Å²) >= 11 is 1.24. The van der Waals surface area contributed by atoms with Crippen molar-refractivity contribution in [3.8, 4) is 0 Å². The Kier molecular flexibility index (Phi) is 85.9. The number of esters is 2. The van der Waals surface area contributed by atoms with E-state index < -0.39 is 11.9 Å². The molecule has 0 unspecified atom stereocenters. The van der Waals surface area contributed by atoms with Crippen LogP contribution in [0.25, 0.3) is 0 Å². The molecule has 0 bridgehead atoms. The number of nitrogens with zero attached hydrogens (tertiary/aromatic N) is 5. The average molecular weight is 688 g/mol. The highest BCUT2D eigenvalue weighted by Gasteiger charge is 2.02. The number of hydrogen-bond donors (Lipinski definition) is 2. The summed E-state index contributed by atoms with van der Waals surface area (Å²) in [7, 11) is 12.4. The number of oxime groups is 1. The summed E-state index contributed by atoms with van der Waals surface area (Å²) in [5.74, 6) is -1.16. The third kappa shape index (κ3) is 125. The second-order valence-electron chi connectivity index (χ2n) is 7.23. The Bertz CT molecular complexity index is 758. The van der Waals surface area contributed by atoms with Crippen molar-refractivity contribution < 1.29 is 43.0 Å². The maximum atomic E-state index is 10.0. The van der Waals surface area contributed by atoms with Gasteiger partial charge in [-0.1, -0.05) is 31.8 Å². The number of aliphatic imine (C=N–C) groups is 3. The first kappa shape index (κ1) is 65.2. The lowest BCUT2D eigenvalue weighted by Gasteiger charge is -2.21. The van der Waals surface area contributed by atoms with Gasteiger partial charge in [-0.2, -0.15) is 0 Å². The van der Waals surface area contributed by atoms with E-state index in [1.807, 2.05) is 13.8 Å². The molecule has 0 atom stereocenters. The second-order valence-corrected chi connectivity index (χ2v) is 8.21. The average Bonchev–Trinajstić information content (AvgIpc) is 2.96. The number of ketones is 1. The molecule has 1 aliphatic heterocycles. The van der Waals surface area contributed by atoms with Gasteiger partial charge < -0.3 is 35.4 Å². The highest BCUT2D eigenvalue weighted by molar-refractivity contribution is 8.12. The van der Waals surface area contributed by atoms with Crippen molar-refractivity contribution in [2.24, 2.45) is 31.6 Å². The molecule has 0 aromatic heterocycles. The number of rotatable bonds is 4. The number of nitrogens with two attached hydrogens (primary N) is 2. The number of carbonyl (C=O) groups is 5. The summed E-state index contributed by atoms with van der Waals surface area (Å²) in [4.78, 5) is 65.8. The van der Waals surface area contributed by atoms with Crippen molar-refractivity contribution in [2.45, 2.75) is 49.5 Å².